The van der Waals surface area contributed by atoms with Gasteiger partial charge in [0.2, 0.25) is 0 Å². The van der Waals surface area contributed by atoms with Crippen LogP contribution >= 0.6 is 39.0 Å². The number of nitrogens with zero attached hydrogens (tertiary/aromatic N) is 3. The van der Waals surface area contributed by atoms with Gasteiger partial charge < -0.3 is 0 Å². The van der Waals surface area contributed by atoms with E-state index in [1.807, 2.05) is 24.3 Å². The number of pyridine rings is 1. The van der Waals surface area contributed by atoms with Gasteiger partial charge in [-0.3, -0.25) is 4.79 Å². The Morgan fingerprint density at radius 3 is 2.67 bits per heavy atom. The molecule has 3 aromatic heterocycles. The summed E-state index contributed by atoms with van der Waals surface area (Å²) >= 11 is 6.57. The molecule has 4 aromatic rings. The Balaban J connectivity index is 1.54. The summed E-state index contributed by atoms with van der Waals surface area (Å²) in [7, 11) is 0. The van der Waals surface area contributed by atoms with Crippen LogP contribution in [0, 0.1) is 0 Å². The van der Waals surface area contributed by atoms with Crippen molar-refractivity contribution in [3.63, 3.8) is 0 Å². The van der Waals surface area contributed by atoms with Gasteiger partial charge in [-0.05, 0) is 55.4 Å². The highest BCUT2D eigenvalue weighted by molar-refractivity contribution is 9.10. The average Bonchev–Trinajstić information content (AvgIpc) is 3.16. The molecule has 5 rings (SSSR count). The van der Waals surface area contributed by atoms with E-state index in [2.05, 4.69) is 32.8 Å². The summed E-state index contributed by atoms with van der Waals surface area (Å²) < 4.78 is 2.02. The van der Waals surface area contributed by atoms with Crippen LogP contribution in [-0.2, 0) is 19.3 Å². The first-order chi connectivity index (χ1) is 14.7. The molecular weight excluding hydrogens is 478 g/mol. The molecule has 0 unspecified atom stereocenters. The molecule has 3 heterocycles. The number of hydrogen-bond acceptors (Lipinski definition) is 6. The number of thiophene rings is 1. The van der Waals surface area contributed by atoms with Crippen molar-refractivity contribution in [2.75, 3.05) is 5.75 Å². The van der Waals surface area contributed by atoms with Crippen molar-refractivity contribution in [1.82, 2.24) is 15.0 Å². The highest BCUT2D eigenvalue weighted by Crippen LogP contribution is 2.41. The summed E-state index contributed by atoms with van der Waals surface area (Å²) in [6.07, 6.45) is 7.27. The minimum absolute atomic E-state index is 0.101. The maximum atomic E-state index is 12.6. The quantitative estimate of drug-likeness (QED) is 0.181. The molecule has 0 saturated heterocycles. The predicted octanol–water partition coefficient (Wildman–Crippen LogP) is 6.42. The van der Waals surface area contributed by atoms with Gasteiger partial charge in [-0.1, -0.05) is 46.7 Å². The van der Waals surface area contributed by atoms with Crippen LogP contribution in [0.25, 0.3) is 20.4 Å². The molecule has 0 fully saturated rings. The number of rotatable bonds is 5. The van der Waals surface area contributed by atoms with Gasteiger partial charge in [-0.2, -0.15) is 0 Å². The molecule has 1 aliphatic carbocycles. The molecule has 152 valence electrons. The number of Topliss-reactive ketones (excluding diaryl/α,β-unsaturated/α-hetero) is 1. The third-order valence-electron chi connectivity index (χ3n) is 5.62. The summed E-state index contributed by atoms with van der Waals surface area (Å²) in [5.74, 6) is 0.456. The number of halogens is 1. The van der Waals surface area contributed by atoms with Crippen LogP contribution in [0.15, 0.2) is 40.1 Å². The molecule has 1 aromatic carbocycles. The maximum absolute atomic E-state index is 12.6. The summed E-state index contributed by atoms with van der Waals surface area (Å²) in [6, 6.07) is 7.49. The monoisotopic (exact) mass is 497 g/mol. The first kappa shape index (κ1) is 20.1. The van der Waals surface area contributed by atoms with E-state index in [0.717, 1.165) is 49.4 Å². The normalized spacial score (nSPS) is 13.7. The Morgan fingerprint density at radius 2 is 1.90 bits per heavy atom. The Bertz CT molecular complexity index is 1270. The van der Waals surface area contributed by atoms with Crippen LogP contribution in [-0.4, -0.2) is 26.5 Å². The van der Waals surface area contributed by atoms with Gasteiger partial charge in [0.25, 0.3) is 0 Å². The van der Waals surface area contributed by atoms with Crippen LogP contribution in [0.1, 0.15) is 46.9 Å². The van der Waals surface area contributed by atoms with E-state index in [-0.39, 0.29) is 5.78 Å². The molecule has 0 aliphatic heterocycles. The van der Waals surface area contributed by atoms with Crippen molar-refractivity contribution >= 4 is 65.2 Å². The molecule has 0 atom stereocenters. The summed E-state index contributed by atoms with van der Waals surface area (Å²) in [6.45, 7) is 2.19. The van der Waals surface area contributed by atoms with E-state index in [0.29, 0.717) is 5.75 Å². The first-order valence-corrected chi connectivity index (χ1v) is 12.7. The van der Waals surface area contributed by atoms with Crippen LogP contribution < -0.4 is 0 Å². The summed E-state index contributed by atoms with van der Waals surface area (Å²) in [4.78, 5) is 27.8. The molecule has 30 heavy (non-hydrogen) atoms. The number of carbonyl (C=O) groups is 1. The lowest BCUT2D eigenvalue weighted by Gasteiger charge is -2.19. The number of thioether (sulfide) groups is 1. The summed E-state index contributed by atoms with van der Waals surface area (Å²) in [5, 5.41) is 2.08. The van der Waals surface area contributed by atoms with E-state index in [1.54, 1.807) is 17.7 Å². The molecular formula is C23H20BrN3OS2. The third kappa shape index (κ3) is 3.57. The second-order valence-electron chi connectivity index (χ2n) is 7.43. The number of ketones is 1. The molecule has 1 aliphatic rings. The van der Waals surface area contributed by atoms with Crippen LogP contribution in [0.2, 0.25) is 0 Å². The predicted molar refractivity (Wildman–Crippen MR) is 128 cm³/mol. The molecule has 0 saturated carbocycles. The lowest BCUT2D eigenvalue weighted by Crippen LogP contribution is -2.08. The lowest BCUT2D eigenvalue weighted by molar-refractivity contribution is 0.102. The molecule has 4 nitrogen and oxygen atoms in total. The van der Waals surface area contributed by atoms with Crippen LogP contribution in [0.5, 0.6) is 0 Å². The van der Waals surface area contributed by atoms with E-state index < -0.39 is 0 Å². The van der Waals surface area contributed by atoms with Crippen molar-refractivity contribution in [2.24, 2.45) is 0 Å². The zero-order valence-corrected chi connectivity index (χ0v) is 19.8. The average molecular weight is 498 g/mol. The molecule has 0 spiro atoms. The fourth-order valence-electron chi connectivity index (χ4n) is 4.17. The number of aryl methyl sites for hydroxylation is 2. The standard InChI is InChI=1S/C23H20BrN3OS2/c1-2-17-15-5-3-4-6-16(15)19-20-21(30-22(19)27-17)23(26-12-25-20)29-11-18(28)13-7-9-14(24)10-8-13/h7-10,12H,2-6,11H2,1H3. The van der Waals surface area contributed by atoms with E-state index in [1.165, 1.54) is 46.8 Å². The van der Waals surface area contributed by atoms with E-state index in [4.69, 9.17) is 4.98 Å². The smallest absolute Gasteiger partial charge is 0.173 e. The SMILES string of the molecule is CCc1nc2sc3c(SCC(=O)c4ccc(Br)cc4)ncnc3c2c2c1CCCC2. The van der Waals surface area contributed by atoms with Crippen molar-refractivity contribution < 1.29 is 4.79 Å². The zero-order chi connectivity index (χ0) is 20.7. The highest BCUT2D eigenvalue weighted by Gasteiger charge is 2.23. The van der Waals surface area contributed by atoms with Gasteiger partial charge in [0.05, 0.1) is 16.0 Å². The Kier molecular flexibility index (Phi) is 5.60. The van der Waals surface area contributed by atoms with Crippen LogP contribution in [0.3, 0.4) is 0 Å². The van der Waals surface area contributed by atoms with Gasteiger partial charge in [0.1, 0.15) is 16.2 Å². The third-order valence-corrected chi connectivity index (χ3v) is 8.34. The maximum Gasteiger partial charge on any atom is 0.173 e. The van der Waals surface area contributed by atoms with Crippen molar-refractivity contribution in [3.05, 3.63) is 57.4 Å². The number of hydrogen-bond donors (Lipinski definition) is 0. The fraction of sp³-hybridized carbons (Fsp3) is 0.304. The Labute approximate surface area is 191 Å². The van der Waals surface area contributed by atoms with E-state index in [9.17, 15) is 4.79 Å². The number of carbonyl (C=O) groups excluding carboxylic acids is 1. The number of aromatic nitrogens is 3. The van der Waals surface area contributed by atoms with E-state index >= 15 is 0 Å². The topological polar surface area (TPSA) is 55.7 Å². The largest absolute Gasteiger partial charge is 0.293 e. The zero-order valence-electron chi connectivity index (χ0n) is 16.6. The minimum Gasteiger partial charge on any atom is -0.293 e. The highest BCUT2D eigenvalue weighted by atomic mass is 79.9. The van der Waals surface area contributed by atoms with Gasteiger partial charge in [-0.25, -0.2) is 15.0 Å². The summed E-state index contributed by atoms with van der Waals surface area (Å²) in [5.41, 5.74) is 5.83. The van der Waals surface area contributed by atoms with Crippen molar-refractivity contribution in [1.29, 1.82) is 0 Å². The molecule has 7 heteroatoms. The molecule has 0 N–H and O–H groups in total. The molecule has 0 radical (unpaired) electrons. The Morgan fingerprint density at radius 1 is 1.13 bits per heavy atom. The van der Waals surface area contributed by atoms with Gasteiger partial charge in [0.15, 0.2) is 5.78 Å². The second-order valence-corrected chi connectivity index (χ2v) is 10.3. The van der Waals surface area contributed by atoms with Gasteiger partial charge in [0, 0.05) is 21.1 Å². The number of fused-ring (bicyclic) bond motifs is 5. The second kappa shape index (κ2) is 8.36. The molecule has 0 bridgehead atoms. The fourth-order valence-corrected chi connectivity index (χ4v) is 6.58. The minimum atomic E-state index is 0.101. The van der Waals surface area contributed by atoms with Crippen LogP contribution in [0.4, 0.5) is 0 Å². The Hall–Kier alpha value is -1.83. The lowest BCUT2D eigenvalue weighted by atomic mass is 9.88. The number of benzene rings is 1. The van der Waals surface area contributed by atoms with Gasteiger partial charge in [-0.15, -0.1) is 11.3 Å². The van der Waals surface area contributed by atoms with Crippen molar-refractivity contribution in [3.8, 4) is 0 Å². The molecule has 0 amide bonds. The van der Waals surface area contributed by atoms with Crippen molar-refractivity contribution in [2.45, 2.75) is 44.1 Å². The van der Waals surface area contributed by atoms with Gasteiger partial charge >= 0.3 is 0 Å². The first-order valence-electron chi connectivity index (χ1n) is 10.1.